The van der Waals surface area contributed by atoms with E-state index in [1.165, 1.54) is 0 Å². The van der Waals surface area contributed by atoms with Crippen LogP contribution in [0.25, 0.3) is 0 Å². The van der Waals surface area contributed by atoms with E-state index in [0.717, 1.165) is 38.5 Å². The van der Waals surface area contributed by atoms with E-state index >= 15 is 0 Å². The minimum absolute atomic E-state index is 0.0370. The number of primary amides is 3. The molecule has 0 rings (SSSR count). The van der Waals surface area contributed by atoms with Crippen molar-refractivity contribution in [3.63, 3.8) is 0 Å². The van der Waals surface area contributed by atoms with Crippen LogP contribution in [-0.2, 0) is 28.8 Å². The maximum Gasteiger partial charge on any atom is 0.307 e. The number of carbonyl (C=O) groups is 6. The molecular weight excluding hydrogens is 546 g/mol. The van der Waals surface area contributed by atoms with Crippen molar-refractivity contribution in [2.24, 2.45) is 58.6 Å². The van der Waals surface area contributed by atoms with Crippen molar-refractivity contribution in [2.75, 3.05) is 0 Å². The molecule has 0 saturated carbocycles. The molecule has 12 nitrogen and oxygen atoms in total. The van der Waals surface area contributed by atoms with E-state index in [4.69, 9.17) is 32.5 Å². The van der Waals surface area contributed by atoms with Gasteiger partial charge < -0.3 is 32.5 Å². The molecule has 0 saturated heterocycles. The average molecular weight is 606 g/mol. The summed E-state index contributed by atoms with van der Waals surface area (Å²) < 4.78 is 0. The summed E-state index contributed by atoms with van der Waals surface area (Å²) in [4.78, 5) is 62.0. The van der Waals surface area contributed by atoms with E-state index in [1.807, 2.05) is 20.8 Å². The molecule has 0 aromatic rings. The van der Waals surface area contributed by atoms with Gasteiger partial charge in [-0.1, -0.05) is 81.6 Å². The van der Waals surface area contributed by atoms with Crippen molar-refractivity contribution in [2.45, 2.75) is 114 Å². The Kier molecular flexibility index (Phi) is 29.1. The zero-order valence-electron chi connectivity index (χ0n) is 27.2. The molecule has 0 aliphatic rings. The molecule has 248 valence electrons. The summed E-state index contributed by atoms with van der Waals surface area (Å²) in [5.41, 5.74) is 15.3. The highest BCUT2D eigenvalue weighted by Gasteiger charge is 2.23. The van der Waals surface area contributed by atoms with Crippen molar-refractivity contribution in [3.05, 3.63) is 0 Å². The first-order chi connectivity index (χ1) is 19.2. The summed E-state index contributed by atoms with van der Waals surface area (Å²) in [7, 11) is 0. The SMILES string of the molecule is CCC(C)CC(C)C(N)=O.CCC(C)CC(C)C(N)=O.CCC(C)CC(C)C(N)=O.O=C(O)CC(CC(=O)O)C(=O)O. The van der Waals surface area contributed by atoms with Crippen LogP contribution < -0.4 is 17.2 Å². The lowest BCUT2D eigenvalue weighted by Crippen LogP contribution is -2.22. The number of carbonyl (C=O) groups excluding carboxylic acids is 3. The highest BCUT2D eigenvalue weighted by Crippen LogP contribution is 2.15. The molecule has 6 unspecified atom stereocenters. The lowest BCUT2D eigenvalue weighted by Gasteiger charge is -2.11. The summed E-state index contributed by atoms with van der Waals surface area (Å²) in [5, 5.41) is 24.7. The van der Waals surface area contributed by atoms with Crippen LogP contribution in [0.5, 0.6) is 0 Å². The van der Waals surface area contributed by atoms with Gasteiger partial charge in [-0.2, -0.15) is 0 Å². The number of nitrogens with two attached hydrogens (primary N) is 3. The minimum atomic E-state index is -1.40. The molecule has 3 amide bonds. The smallest absolute Gasteiger partial charge is 0.307 e. The first kappa shape index (κ1) is 45.8. The molecule has 0 aromatic heterocycles. The van der Waals surface area contributed by atoms with Crippen LogP contribution >= 0.6 is 0 Å². The van der Waals surface area contributed by atoms with Gasteiger partial charge in [-0.3, -0.25) is 28.8 Å². The number of carboxylic acid groups (broad SMARTS) is 3. The van der Waals surface area contributed by atoms with Crippen molar-refractivity contribution < 1.29 is 44.1 Å². The van der Waals surface area contributed by atoms with Gasteiger partial charge in [-0.15, -0.1) is 0 Å². The van der Waals surface area contributed by atoms with Gasteiger partial charge in [0.15, 0.2) is 0 Å². The summed E-state index contributed by atoms with van der Waals surface area (Å²) in [5.74, 6) is -3.97. The number of hydrogen-bond acceptors (Lipinski definition) is 6. The van der Waals surface area contributed by atoms with Crippen molar-refractivity contribution in [3.8, 4) is 0 Å². The van der Waals surface area contributed by atoms with Gasteiger partial charge in [0.05, 0.1) is 18.8 Å². The fraction of sp³-hybridized carbons (Fsp3) is 0.800. The molecule has 0 spiro atoms. The van der Waals surface area contributed by atoms with E-state index in [-0.39, 0.29) is 35.5 Å². The van der Waals surface area contributed by atoms with Gasteiger partial charge in [0.25, 0.3) is 0 Å². The molecule has 0 fully saturated rings. The molecule has 9 N–H and O–H groups in total. The second-order valence-corrected chi connectivity index (χ2v) is 11.4. The van der Waals surface area contributed by atoms with Crippen LogP contribution in [0.15, 0.2) is 0 Å². The zero-order valence-corrected chi connectivity index (χ0v) is 27.2. The number of aliphatic carboxylic acids is 3. The predicted molar refractivity (Wildman–Crippen MR) is 163 cm³/mol. The number of rotatable bonds is 17. The zero-order chi connectivity index (χ0) is 34.2. The molecule has 6 atom stereocenters. The van der Waals surface area contributed by atoms with Crippen LogP contribution in [-0.4, -0.2) is 50.9 Å². The molecule has 12 heteroatoms. The Hall–Kier alpha value is -3.18. The summed E-state index contributed by atoms with van der Waals surface area (Å²) in [6.45, 7) is 18.4. The topological polar surface area (TPSA) is 241 Å². The standard InChI is InChI=1S/3C8H17NO.C6H8O6/c3*1-4-6(2)5-7(3)8(9)10;7-4(8)1-3(6(11)12)2-5(9)10/h3*6-7H,4-5H2,1-3H3,(H2,9,10);3H,1-2H2,(H,7,8)(H,9,10)(H,11,12). The van der Waals surface area contributed by atoms with Crippen molar-refractivity contribution in [1.29, 1.82) is 0 Å². The normalized spacial score (nSPS) is 14.4. The van der Waals surface area contributed by atoms with Crippen molar-refractivity contribution in [1.82, 2.24) is 0 Å². The van der Waals surface area contributed by atoms with Crippen LogP contribution in [0, 0.1) is 41.4 Å². The molecule has 0 radical (unpaired) electrons. The summed E-state index contributed by atoms with van der Waals surface area (Å²) >= 11 is 0. The average Bonchev–Trinajstić information content (AvgIpc) is 2.88. The summed E-state index contributed by atoms with van der Waals surface area (Å²) in [6, 6.07) is 0. The largest absolute Gasteiger partial charge is 0.481 e. The molecule has 0 aromatic carbocycles. The fourth-order valence-electron chi connectivity index (χ4n) is 3.33. The molecule has 0 aliphatic heterocycles. The highest BCUT2D eigenvalue weighted by molar-refractivity contribution is 5.82. The van der Waals surface area contributed by atoms with Crippen LogP contribution in [0.2, 0.25) is 0 Å². The van der Waals surface area contributed by atoms with Gasteiger partial charge in [-0.05, 0) is 37.0 Å². The second-order valence-electron chi connectivity index (χ2n) is 11.4. The van der Waals surface area contributed by atoms with E-state index in [9.17, 15) is 28.8 Å². The molecule has 42 heavy (non-hydrogen) atoms. The first-order valence-electron chi connectivity index (χ1n) is 14.7. The quantitative estimate of drug-likeness (QED) is 0.138. The number of carboxylic acids is 3. The van der Waals surface area contributed by atoms with E-state index < -0.39 is 36.7 Å². The minimum Gasteiger partial charge on any atom is -0.481 e. The third-order valence-corrected chi connectivity index (χ3v) is 7.01. The molecular formula is C30H59N3O9. The monoisotopic (exact) mass is 605 g/mol. The van der Waals surface area contributed by atoms with Gasteiger partial charge in [0.1, 0.15) is 0 Å². The molecule has 0 aliphatic carbocycles. The van der Waals surface area contributed by atoms with E-state index in [1.54, 1.807) is 0 Å². The fourth-order valence-corrected chi connectivity index (χ4v) is 3.33. The Bertz CT molecular complexity index is 722. The lowest BCUT2D eigenvalue weighted by molar-refractivity contribution is -0.152. The van der Waals surface area contributed by atoms with Gasteiger partial charge >= 0.3 is 17.9 Å². The Morgan fingerprint density at radius 2 is 0.714 bits per heavy atom. The molecule has 0 bridgehead atoms. The van der Waals surface area contributed by atoms with Gasteiger partial charge in [-0.25, -0.2) is 0 Å². The first-order valence-corrected chi connectivity index (χ1v) is 14.7. The van der Waals surface area contributed by atoms with E-state index in [0.29, 0.717) is 17.8 Å². The Balaban J connectivity index is -0.000000230. The third-order valence-electron chi connectivity index (χ3n) is 7.01. The highest BCUT2D eigenvalue weighted by atomic mass is 16.4. The Morgan fingerprint density at radius 3 is 0.833 bits per heavy atom. The van der Waals surface area contributed by atoms with Crippen LogP contribution in [0.1, 0.15) is 114 Å². The van der Waals surface area contributed by atoms with Gasteiger partial charge in [0, 0.05) is 17.8 Å². The van der Waals surface area contributed by atoms with Gasteiger partial charge in [0.2, 0.25) is 17.7 Å². The Morgan fingerprint density at radius 1 is 0.500 bits per heavy atom. The van der Waals surface area contributed by atoms with Crippen molar-refractivity contribution >= 4 is 35.6 Å². The second kappa shape index (κ2) is 26.7. The lowest BCUT2D eigenvalue weighted by atomic mass is 9.95. The summed E-state index contributed by atoms with van der Waals surface area (Å²) in [6.07, 6.45) is 4.81. The third kappa shape index (κ3) is 31.3. The number of amides is 3. The predicted octanol–water partition coefficient (Wildman–Crippen LogP) is 4.27. The van der Waals surface area contributed by atoms with Crippen LogP contribution in [0.3, 0.4) is 0 Å². The maximum atomic E-state index is 10.6. The molecule has 0 heterocycles. The maximum absolute atomic E-state index is 10.6. The van der Waals surface area contributed by atoms with Crippen LogP contribution in [0.4, 0.5) is 0 Å². The number of hydrogen-bond donors (Lipinski definition) is 6. The Labute approximate surface area is 252 Å². The van der Waals surface area contributed by atoms with E-state index in [2.05, 4.69) is 41.5 Å².